The Morgan fingerprint density at radius 3 is 2.65 bits per heavy atom. The van der Waals surface area contributed by atoms with Crippen molar-refractivity contribution in [1.29, 1.82) is 0 Å². The van der Waals surface area contributed by atoms with Gasteiger partial charge in [0.1, 0.15) is 12.6 Å². The normalized spacial score (nSPS) is 12.1. The summed E-state index contributed by atoms with van der Waals surface area (Å²) in [6.07, 6.45) is 2.29. The molecule has 0 fully saturated rings. The topological polar surface area (TPSA) is 84.9 Å². The van der Waals surface area contributed by atoms with E-state index >= 15 is 0 Å². The molecule has 0 spiro atoms. The lowest BCUT2D eigenvalue weighted by Crippen LogP contribution is -2.42. The number of amides is 1. The first-order chi connectivity index (χ1) is 8.11. The zero-order chi connectivity index (χ0) is 13.1. The van der Waals surface area contributed by atoms with Crippen molar-refractivity contribution in [1.82, 2.24) is 5.32 Å². The van der Waals surface area contributed by atoms with Gasteiger partial charge in [0.15, 0.2) is 0 Å². The Morgan fingerprint density at radius 2 is 2.12 bits per heavy atom. The SMILES string of the molecule is COCCOCC(=O)NC(CCSC)C(=O)O. The van der Waals surface area contributed by atoms with Crippen LogP contribution in [-0.4, -0.2) is 62.0 Å². The molecule has 0 aliphatic heterocycles. The maximum atomic E-state index is 11.3. The van der Waals surface area contributed by atoms with Crippen LogP contribution in [0.15, 0.2) is 0 Å². The molecule has 17 heavy (non-hydrogen) atoms. The monoisotopic (exact) mass is 265 g/mol. The fourth-order valence-electron chi connectivity index (χ4n) is 1.04. The molecule has 100 valence electrons. The Morgan fingerprint density at radius 1 is 1.41 bits per heavy atom. The Hall–Kier alpha value is -0.790. The molecule has 2 N–H and O–H groups in total. The summed E-state index contributed by atoms with van der Waals surface area (Å²) in [7, 11) is 1.53. The summed E-state index contributed by atoms with van der Waals surface area (Å²) in [5.41, 5.74) is 0. The van der Waals surface area contributed by atoms with Gasteiger partial charge in [-0.25, -0.2) is 4.79 Å². The first-order valence-electron chi connectivity index (χ1n) is 5.19. The Bertz CT molecular complexity index is 237. The Labute approximate surface area is 105 Å². The largest absolute Gasteiger partial charge is 0.480 e. The molecular formula is C10H19NO5S. The van der Waals surface area contributed by atoms with Crippen LogP contribution in [0, 0.1) is 0 Å². The number of rotatable bonds is 10. The highest BCUT2D eigenvalue weighted by atomic mass is 32.2. The molecule has 1 amide bonds. The summed E-state index contributed by atoms with van der Waals surface area (Å²) in [5, 5.41) is 11.3. The van der Waals surface area contributed by atoms with E-state index in [4.69, 9.17) is 14.6 Å². The molecule has 0 heterocycles. The van der Waals surface area contributed by atoms with Crippen molar-refractivity contribution >= 4 is 23.6 Å². The maximum Gasteiger partial charge on any atom is 0.326 e. The van der Waals surface area contributed by atoms with Crippen LogP contribution in [-0.2, 0) is 19.1 Å². The zero-order valence-corrected chi connectivity index (χ0v) is 10.9. The number of carbonyl (C=O) groups excluding carboxylic acids is 1. The third kappa shape index (κ3) is 8.96. The summed E-state index contributed by atoms with van der Waals surface area (Å²) in [4.78, 5) is 22.2. The van der Waals surface area contributed by atoms with E-state index < -0.39 is 17.9 Å². The van der Waals surface area contributed by atoms with Crippen LogP contribution in [0.1, 0.15) is 6.42 Å². The zero-order valence-electron chi connectivity index (χ0n) is 10.1. The molecule has 1 unspecified atom stereocenters. The number of hydrogen-bond acceptors (Lipinski definition) is 5. The van der Waals surface area contributed by atoms with Gasteiger partial charge >= 0.3 is 5.97 Å². The molecule has 0 aromatic rings. The van der Waals surface area contributed by atoms with Gasteiger partial charge in [0.25, 0.3) is 0 Å². The lowest BCUT2D eigenvalue weighted by Gasteiger charge is -2.13. The number of thioether (sulfide) groups is 1. The summed E-state index contributed by atoms with van der Waals surface area (Å²) in [5.74, 6) is -0.763. The van der Waals surface area contributed by atoms with Crippen molar-refractivity contribution in [2.75, 3.05) is 38.9 Å². The molecule has 0 saturated carbocycles. The molecule has 0 saturated heterocycles. The second-order valence-corrected chi connectivity index (χ2v) is 4.27. The maximum absolute atomic E-state index is 11.3. The van der Waals surface area contributed by atoms with Crippen LogP contribution in [0.25, 0.3) is 0 Å². The van der Waals surface area contributed by atoms with Gasteiger partial charge < -0.3 is 19.9 Å². The van der Waals surface area contributed by atoms with Crippen LogP contribution in [0.3, 0.4) is 0 Å². The van der Waals surface area contributed by atoms with Crippen molar-refractivity contribution in [2.24, 2.45) is 0 Å². The van der Waals surface area contributed by atoms with Gasteiger partial charge in [-0.3, -0.25) is 4.79 Å². The van der Waals surface area contributed by atoms with Gasteiger partial charge in [-0.15, -0.1) is 0 Å². The molecule has 0 bridgehead atoms. The molecule has 0 aromatic carbocycles. The van der Waals surface area contributed by atoms with E-state index in [0.29, 0.717) is 25.4 Å². The molecule has 0 rings (SSSR count). The second kappa shape index (κ2) is 10.4. The van der Waals surface area contributed by atoms with Crippen LogP contribution < -0.4 is 5.32 Å². The van der Waals surface area contributed by atoms with E-state index in [1.807, 2.05) is 6.26 Å². The molecule has 1 atom stereocenters. The summed E-state index contributed by atoms with van der Waals surface area (Å²) in [6.45, 7) is 0.570. The number of aliphatic carboxylic acids is 1. The van der Waals surface area contributed by atoms with Crippen molar-refractivity contribution in [3.8, 4) is 0 Å². The average molecular weight is 265 g/mol. The van der Waals surface area contributed by atoms with Gasteiger partial charge in [-0.05, 0) is 18.4 Å². The smallest absolute Gasteiger partial charge is 0.326 e. The van der Waals surface area contributed by atoms with E-state index in [2.05, 4.69) is 5.32 Å². The lowest BCUT2D eigenvalue weighted by molar-refractivity contribution is -0.142. The highest BCUT2D eigenvalue weighted by molar-refractivity contribution is 7.98. The van der Waals surface area contributed by atoms with Gasteiger partial charge in [0.2, 0.25) is 5.91 Å². The highest BCUT2D eigenvalue weighted by Crippen LogP contribution is 2.00. The van der Waals surface area contributed by atoms with E-state index in [1.165, 1.54) is 18.9 Å². The number of carbonyl (C=O) groups is 2. The van der Waals surface area contributed by atoms with Crippen molar-refractivity contribution in [2.45, 2.75) is 12.5 Å². The van der Waals surface area contributed by atoms with E-state index in [0.717, 1.165) is 0 Å². The Balaban J connectivity index is 3.83. The first-order valence-corrected chi connectivity index (χ1v) is 6.59. The fourth-order valence-corrected chi connectivity index (χ4v) is 1.51. The van der Waals surface area contributed by atoms with Crippen molar-refractivity contribution in [3.63, 3.8) is 0 Å². The molecule has 6 nitrogen and oxygen atoms in total. The van der Waals surface area contributed by atoms with Crippen molar-refractivity contribution in [3.05, 3.63) is 0 Å². The minimum atomic E-state index is -1.02. The average Bonchev–Trinajstić information content (AvgIpc) is 2.29. The summed E-state index contributed by atoms with van der Waals surface area (Å²) < 4.78 is 9.73. The number of nitrogens with one attached hydrogen (secondary N) is 1. The lowest BCUT2D eigenvalue weighted by atomic mass is 10.2. The third-order valence-corrected chi connectivity index (χ3v) is 2.55. The van der Waals surface area contributed by atoms with Crippen LogP contribution in [0.4, 0.5) is 0 Å². The number of carboxylic acids is 1. The summed E-state index contributed by atoms with van der Waals surface area (Å²) >= 11 is 1.54. The minimum absolute atomic E-state index is 0.146. The quantitative estimate of drug-likeness (QED) is 0.540. The van der Waals surface area contributed by atoms with Gasteiger partial charge in [0, 0.05) is 7.11 Å². The van der Waals surface area contributed by atoms with Gasteiger partial charge in [-0.1, -0.05) is 0 Å². The van der Waals surface area contributed by atoms with E-state index in [9.17, 15) is 9.59 Å². The van der Waals surface area contributed by atoms with Crippen LogP contribution >= 0.6 is 11.8 Å². The van der Waals surface area contributed by atoms with Gasteiger partial charge in [-0.2, -0.15) is 11.8 Å². The van der Waals surface area contributed by atoms with E-state index in [-0.39, 0.29) is 6.61 Å². The van der Waals surface area contributed by atoms with Crippen LogP contribution in [0.5, 0.6) is 0 Å². The molecule has 7 heteroatoms. The number of hydrogen-bond donors (Lipinski definition) is 2. The second-order valence-electron chi connectivity index (χ2n) is 3.29. The Kier molecular flexibility index (Phi) is 9.89. The fraction of sp³-hybridized carbons (Fsp3) is 0.800. The minimum Gasteiger partial charge on any atom is -0.480 e. The van der Waals surface area contributed by atoms with E-state index in [1.54, 1.807) is 0 Å². The predicted octanol–water partition coefficient (Wildman–Crippen LogP) is -0.0281. The molecule has 0 aromatic heterocycles. The number of methoxy groups -OCH3 is 1. The number of carboxylic acid groups (broad SMARTS) is 1. The number of ether oxygens (including phenoxy) is 2. The van der Waals surface area contributed by atoms with Crippen LogP contribution in [0.2, 0.25) is 0 Å². The predicted molar refractivity (Wildman–Crippen MR) is 65.3 cm³/mol. The third-order valence-electron chi connectivity index (χ3n) is 1.91. The standard InChI is InChI=1S/C10H19NO5S/c1-15-4-5-16-7-9(12)11-8(10(13)14)3-6-17-2/h8H,3-7H2,1-2H3,(H,11,12)(H,13,14). The van der Waals surface area contributed by atoms with Crippen molar-refractivity contribution < 1.29 is 24.2 Å². The molecule has 0 aliphatic rings. The molecule has 0 radical (unpaired) electrons. The summed E-state index contributed by atoms with van der Waals surface area (Å²) in [6, 6.07) is -0.846. The molecule has 0 aliphatic carbocycles. The highest BCUT2D eigenvalue weighted by Gasteiger charge is 2.18. The molecular weight excluding hydrogens is 246 g/mol. The first kappa shape index (κ1) is 16.2. The van der Waals surface area contributed by atoms with Gasteiger partial charge in [0.05, 0.1) is 13.2 Å².